The molecule has 0 fully saturated rings. The van der Waals surface area contributed by atoms with E-state index >= 15 is 0 Å². The van der Waals surface area contributed by atoms with Gasteiger partial charge in [-0.1, -0.05) is 0 Å². The lowest BCUT2D eigenvalue weighted by Crippen LogP contribution is -2.29. The molecule has 0 unspecified atom stereocenters. The number of primary amides is 1. The van der Waals surface area contributed by atoms with Gasteiger partial charge in [-0.15, -0.1) is 0 Å². The van der Waals surface area contributed by atoms with Crippen LogP contribution in [0.3, 0.4) is 0 Å². The molecule has 1 amide bonds. The maximum Gasteiger partial charge on any atom is 0.251 e. The molecule has 0 aliphatic heterocycles. The topological polar surface area (TPSA) is 88.9 Å². The third kappa shape index (κ3) is 1.80. The summed E-state index contributed by atoms with van der Waals surface area (Å²) in [7, 11) is 0. The first kappa shape index (κ1) is 9.99. The standard InChI is InChI=1S/C9H9N3O2/c1-6-7(4-10)2-3-9(14)12(6)5-8(11)13/h2-3H,5H2,1H3,(H2,11,13). The molecule has 0 bridgehead atoms. The average molecular weight is 191 g/mol. The number of nitrogens with zero attached hydrogens (tertiary/aromatic N) is 2. The molecule has 72 valence electrons. The molecular weight excluding hydrogens is 182 g/mol. The van der Waals surface area contributed by atoms with Crippen LogP contribution >= 0.6 is 0 Å². The number of pyridine rings is 1. The van der Waals surface area contributed by atoms with Crippen molar-refractivity contribution in [3.8, 4) is 6.07 Å². The number of hydrogen-bond donors (Lipinski definition) is 1. The molecule has 0 saturated heterocycles. The molecule has 0 aromatic carbocycles. The smallest absolute Gasteiger partial charge is 0.251 e. The van der Waals surface area contributed by atoms with Crippen molar-refractivity contribution in [1.29, 1.82) is 5.26 Å². The van der Waals surface area contributed by atoms with E-state index in [1.165, 1.54) is 16.7 Å². The normalized spacial score (nSPS) is 9.43. The van der Waals surface area contributed by atoms with Crippen LogP contribution in [-0.2, 0) is 11.3 Å². The van der Waals surface area contributed by atoms with Crippen LogP contribution in [0, 0.1) is 18.3 Å². The summed E-state index contributed by atoms with van der Waals surface area (Å²) >= 11 is 0. The largest absolute Gasteiger partial charge is 0.368 e. The van der Waals surface area contributed by atoms with E-state index in [0.29, 0.717) is 11.3 Å². The molecule has 0 aliphatic carbocycles. The van der Waals surface area contributed by atoms with Crippen LogP contribution in [0.15, 0.2) is 16.9 Å². The number of carbonyl (C=O) groups excluding carboxylic acids is 1. The molecule has 1 rings (SSSR count). The first-order valence-electron chi connectivity index (χ1n) is 3.95. The molecule has 14 heavy (non-hydrogen) atoms. The minimum atomic E-state index is -0.606. The Bertz CT molecular complexity index is 468. The molecule has 1 heterocycles. The van der Waals surface area contributed by atoms with Crippen LogP contribution in [0.5, 0.6) is 0 Å². The van der Waals surface area contributed by atoms with E-state index in [1.54, 1.807) is 6.92 Å². The van der Waals surface area contributed by atoms with Crippen molar-refractivity contribution >= 4 is 5.91 Å². The van der Waals surface area contributed by atoms with Gasteiger partial charge in [-0.2, -0.15) is 5.26 Å². The molecule has 0 atom stereocenters. The van der Waals surface area contributed by atoms with E-state index in [-0.39, 0.29) is 12.1 Å². The monoisotopic (exact) mass is 191 g/mol. The Balaban J connectivity index is 3.34. The fraction of sp³-hybridized carbons (Fsp3) is 0.222. The fourth-order valence-corrected chi connectivity index (χ4v) is 1.15. The zero-order chi connectivity index (χ0) is 10.7. The maximum absolute atomic E-state index is 11.3. The van der Waals surface area contributed by atoms with Crippen LogP contribution in [0.25, 0.3) is 0 Å². The predicted octanol–water partition coefficient (Wildman–Crippen LogP) is -0.486. The van der Waals surface area contributed by atoms with Crippen LogP contribution < -0.4 is 11.3 Å². The number of carbonyl (C=O) groups is 1. The van der Waals surface area contributed by atoms with Crippen LogP contribution in [0.4, 0.5) is 0 Å². The van der Waals surface area contributed by atoms with Crippen molar-refractivity contribution in [3.05, 3.63) is 33.7 Å². The third-order valence-electron chi connectivity index (χ3n) is 1.89. The maximum atomic E-state index is 11.3. The fourth-order valence-electron chi connectivity index (χ4n) is 1.15. The van der Waals surface area contributed by atoms with Gasteiger partial charge in [-0.3, -0.25) is 9.59 Å². The summed E-state index contributed by atoms with van der Waals surface area (Å²) in [5, 5.41) is 8.69. The lowest BCUT2D eigenvalue weighted by atomic mass is 10.2. The highest BCUT2D eigenvalue weighted by Crippen LogP contribution is 2.02. The Kier molecular flexibility index (Phi) is 2.67. The lowest BCUT2D eigenvalue weighted by molar-refractivity contribution is -0.118. The van der Waals surface area contributed by atoms with Crippen molar-refractivity contribution < 1.29 is 4.79 Å². The lowest BCUT2D eigenvalue weighted by Gasteiger charge is -2.07. The molecule has 0 spiro atoms. The van der Waals surface area contributed by atoms with E-state index < -0.39 is 5.91 Å². The van der Waals surface area contributed by atoms with E-state index in [0.717, 1.165) is 0 Å². The van der Waals surface area contributed by atoms with Crippen LogP contribution in [-0.4, -0.2) is 10.5 Å². The highest BCUT2D eigenvalue weighted by atomic mass is 16.2. The van der Waals surface area contributed by atoms with Gasteiger partial charge in [0.2, 0.25) is 5.91 Å². The number of amides is 1. The number of aromatic nitrogens is 1. The number of hydrogen-bond acceptors (Lipinski definition) is 3. The summed E-state index contributed by atoms with van der Waals surface area (Å²) in [5.74, 6) is -0.606. The summed E-state index contributed by atoms with van der Waals surface area (Å²) in [6.07, 6.45) is 0. The second-order valence-corrected chi connectivity index (χ2v) is 2.83. The van der Waals surface area contributed by atoms with E-state index in [2.05, 4.69) is 0 Å². The van der Waals surface area contributed by atoms with Crippen molar-refractivity contribution in [2.24, 2.45) is 5.73 Å². The number of rotatable bonds is 2. The number of nitrogens with two attached hydrogens (primary N) is 1. The Hall–Kier alpha value is -2.09. The Morgan fingerprint density at radius 2 is 2.29 bits per heavy atom. The number of nitriles is 1. The SMILES string of the molecule is Cc1c(C#N)ccc(=O)n1CC(N)=O. The highest BCUT2D eigenvalue weighted by Gasteiger charge is 2.06. The van der Waals surface area contributed by atoms with Gasteiger partial charge in [0.05, 0.1) is 5.56 Å². The Morgan fingerprint density at radius 1 is 1.64 bits per heavy atom. The van der Waals surface area contributed by atoms with E-state index in [1.807, 2.05) is 6.07 Å². The van der Waals surface area contributed by atoms with Crippen molar-refractivity contribution in [2.75, 3.05) is 0 Å². The second-order valence-electron chi connectivity index (χ2n) is 2.83. The molecular formula is C9H9N3O2. The van der Waals surface area contributed by atoms with Crippen molar-refractivity contribution in [3.63, 3.8) is 0 Å². The molecule has 2 N–H and O–H groups in total. The van der Waals surface area contributed by atoms with Crippen LogP contribution in [0.1, 0.15) is 11.3 Å². The molecule has 0 aliphatic rings. The van der Waals surface area contributed by atoms with Crippen molar-refractivity contribution in [1.82, 2.24) is 4.57 Å². The molecule has 1 aromatic rings. The van der Waals surface area contributed by atoms with Gasteiger partial charge in [-0.25, -0.2) is 0 Å². The van der Waals surface area contributed by atoms with Gasteiger partial charge in [-0.05, 0) is 13.0 Å². The summed E-state index contributed by atoms with van der Waals surface area (Å²) < 4.78 is 1.18. The average Bonchev–Trinajstić information content (AvgIpc) is 2.12. The third-order valence-corrected chi connectivity index (χ3v) is 1.89. The predicted molar refractivity (Wildman–Crippen MR) is 49.3 cm³/mol. The first-order chi connectivity index (χ1) is 6.56. The van der Waals surface area contributed by atoms with E-state index in [4.69, 9.17) is 11.0 Å². The highest BCUT2D eigenvalue weighted by molar-refractivity contribution is 5.73. The van der Waals surface area contributed by atoms with Gasteiger partial charge in [0.25, 0.3) is 5.56 Å². The summed E-state index contributed by atoms with van der Waals surface area (Å²) in [6.45, 7) is 1.41. The minimum Gasteiger partial charge on any atom is -0.368 e. The van der Waals surface area contributed by atoms with Gasteiger partial charge in [0.1, 0.15) is 12.6 Å². The summed E-state index contributed by atoms with van der Waals surface area (Å²) in [5.41, 5.74) is 5.46. The van der Waals surface area contributed by atoms with Crippen LogP contribution in [0.2, 0.25) is 0 Å². The van der Waals surface area contributed by atoms with E-state index in [9.17, 15) is 9.59 Å². The molecule has 1 aromatic heterocycles. The Labute approximate surface area is 80.4 Å². The van der Waals surface area contributed by atoms with Gasteiger partial charge >= 0.3 is 0 Å². The second kappa shape index (κ2) is 3.75. The molecule has 5 heteroatoms. The Morgan fingerprint density at radius 3 is 2.79 bits per heavy atom. The molecule has 0 saturated carbocycles. The zero-order valence-electron chi connectivity index (χ0n) is 7.65. The van der Waals surface area contributed by atoms with Gasteiger partial charge in [0.15, 0.2) is 0 Å². The van der Waals surface area contributed by atoms with Crippen molar-refractivity contribution in [2.45, 2.75) is 13.5 Å². The first-order valence-corrected chi connectivity index (χ1v) is 3.95. The minimum absolute atomic E-state index is 0.194. The summed E-state index contributed by atoms with van der Waals surface area (Å²) in [4.78, 5) is 21.9. The van der Waals surface area contributed by atoms with Gasteiger partial charge in [0, 0.05) is 11.8 Å². The molecule has 0 radical (unpaired) electrons. The zero-order valence-corrected chi connectivity index (χ0v) is 7.65. The summed E-state index contributed by atoms with van der Waals surface area (Å²) in [6, 6.07) is 4.59. The van der Waals surface area contributed by atoms with Gasteiger partial charge < -0.3 is 10.3 Å². The molecule has 5 nitrogen and oxygen atoms in total. The quantitative estimate of drug-likeness (QED) is 0.684.